The molecular formula is C21H20N2O4S. The molecule has 0 aliphatic heterocycles. The van der Waals surface area contributed by atoms with Crippen molar-refractivity contribution in [1.82, 2.24) is 5.16 Å². The van der Waals surface area contributed by atoms with Gasteiger partial charge in [0.25, 0.3) is 5.91 Å². The maximum atomic E-state index is 13.3. The molecular weight excluding hydrogens is 376 g/mol. The second-order valence-electron chi connectivity index (χ2n) is 6.76. The summed E-state index contributed by atoms with van der Waals surface area (Å²) in [6, 6.07) is 8.61. The van der Waals surface area contributed by atoms with Gasteiger partial charge in [-0.2, -0.15) is 0 Å². The Kier molecular flexibility index (Phi) is 5.00. The van der Waals surface area contributed by atoms with Gasteiger partial charge in [0.05, 0.1) is 18.4 Å². The summed E-state index contributed by atoms with van der Waals surface area (Å²) in [7, 11) is 1.59. The normalized spacial score (nSPS) is 13.1. The number of aromatic nitrogens is 1. The number of benzene rings is 1. The standard InChI is InChI=1S/C21H20N2O4S/c1-12-11-16(27-23-12)20(25)22-21-18(15-5-3-4-6-17(15)28-21)19(24)13-7-9-14(26-2)10-8-13/h7-11H,3-6H2,1-2H3,(H,22,25). The third-order valence-electron chi connectivity index (χ3n) is 4.83. The van der Waals surface area contributed by atoms with E-state index in [1.165, 1.54) is 16.2 Å². The van der Waals surface area contributed by atoms with Gasteiger partial charge in [0.1, 0.15) is 10.8 Å². The summed E-state index contributed by atoms with van der Waals surface area (Å²) in [4.78, 5) is 27.0. The second kappa shape index (κ2) is 7.59. The van der Waals surface area contributed by atoms with Crippen LogP contribution in [0, 0.1) is 6.92 Å². The van der Waals surface area contributed by atoms with Gasteiger partial charge in [-0.25, -0.2) is 0 Å². The van der Waals surface area contributed by atoms with Crippen molar-refractivity contribution in [3.63, 3.8) is 0 Å². The molecule has 0 fully saturated rings. The van der Waals surface area contributed by atoms with Crippen LogP contribution in [0.1, 0.15) is 55.5 Å². The van der Waals surface area contributed by atoms with Crippen LogP contribution in [0.5, 0.6) is 5.75 Å². The smallest absolute Gasteiger partial charge is 0.294 e. The molecule has 0 unspecified atom stereocenters. The molecule has 144 valence electrons. The Morgan fingerprint density at radius 2 is 1.93 bits per heavy atom. The number of hydrogen-bond donors (Lipinski definition) is 1. The summed E-state index contributed by atoms with van der Waals surface area (Å²) in [6.45, 7) is 1.75. The van der Waals surface area contributed by atoms with Crippen molar-refractivity contribution in [1.29, 1.82) is 0 Å². The number of ketones is 1. The maximum Gasteiger partial charge on any atom is 0.294 e. The zero-order valence-electron chi connectivity index (χ0n) is 15.7. The first kappa shape index (κ1) is 18.4. The van der Waals surface area contributed by atoms with Gasteiger partial charge in [-0.05, 0) is 62.4 Å². The summed E-state index contributed by atoms with van der Waals surface area (Å²) in [5.41, 5.74) is 2.85. The Morgan fingerprint density at radius 1 is 1.18 bits per heavy atom. The Labute approximate surface area is 166 Å². The van der Waals surface area contributed by atoms with E-state index in [-0.39, 0.29) is 11.5 Å². The van der Waals surface area contributed by atoms with Gasteiger partial charge < -0.3 is 14.6 Å². The molecule has 0 spiro atoms. The Bertz CT molecular complexity index is 1030. The lowest BCUT2D eigenvalue weighted by molar-refractivity contribution is 0.0988. The average molecular weight is 396 g/mol. The average Bonchev–Trinajstić information content (AvgIpc) is 3.30. The fourth-order valence-electron chi connectivity index (χ4n) is 3.42. The minimum Gasteiger partial charge on any atom is -0.497 e. The number of nitrogens with one attached hydrogen (secondary N) is 1. The van der Waals surface area contributed by atoms with E-state index in [9.17, 15) is 9.59 Å². The monoisotopic (exact) mass is 396 g/mol. The third-order valence-corrected chi connectivity index (χ3v) is 6.04. The fourth-order valence-corrected chi connectivity index (χ4v) is 4.70. The molecule has 0 saturated carbocycles. The molecule has 4 rings (SSSR count). The number of anilines is 1. The number of aryl methyl sites for hydroxylation is 2. The van der Waals surface area contributed by atoms with E-state index >= 15 is 0 Å². The Balaban J connectivity index is 1.71. The highest BCUT2D eigenvalue weighted by Crippen LogP contribution is 2.39. The molecule has 28 heavy (non-hydrogen) atoms. The molecule has 1 aliphatic carbocycles. The molecule has 3 aromatic rings. The molecule has 1 N–H and O–H groups in total. The number of fused-ring (bicyclic) bond motifs is 1. The number of carbonyl (C=O) groups excluding carboxylic acids is 2. The van der Waals surface area contributed by atoms with Gasteiger partial charge in [-0.3, -0.25) is 9.59 Å². The second-order valence-corrected chi connectivity index (χ2v) is 7.86. The summed E-state index contributed by atoms with van der Waals surface area (Å²) in [5, 5.41) is 7.20. The van der Waals surface area contributed by atoms with Gasteiger partial charge in [0.2, 0.25) is 5.76 Å². The predicted molar refractivity (Wildman–Crippen MR) is 107 cm³/mol. The van der Waals surface area contributed by atoms with Crippen molar-refractivity contribution >= 4 is 28.0 Å². The number of hydrogen-bond acceptors (Lipinski definition) is 6. The largest absolute Gasteiger partial charge is 0.497 e. The van der Waals surface area contributed by atoms with Crippen molar-refractivity contribution in [2.24, 2.45) is 0 Å². The minimum absolute atomic E-state index is 0.0916. The first-order valence-corrected chi connectivity index (χ1v) is 9.96. The van der Waals surface area contributed by atoms with E-state index < -0.39 is 5.91 Å². The van der Waals surface area contributed by atoms with Crippen LogP contribution in [0.4, 0.5) is 5.00 Å². The predicted octanol–water partition coefficient (Wildman–Crippen LogP) is 4.42. The number of carbonyl (C=O) groups is 2. The van der Waals surface area contributed by atoms with Gasteiger partial charge in [0, 0.05) is 16.5 Å². The van der Waals surface area contributed by atoms with Crippen LogP contribution in [-0.4, -0.2) is 24.0 Å². The lowest BCUT2D eigenvalue weighted by Crippen LogP contribution is -2.14. The van der Waals surface area contributed by atoms with Crippen molar-refractivity contribution in [2.45, 2.75) is 32.6 Å². The highest BCUT2D eigenvalue weighted by molar-refractivity contribution is 7.17. The van der Waals surface area contributed by atoms with Crippen molar-refractivity contribution in [2.75, 3.05) is 12.4 Å². The molecule has 7 heteroatoms. The molecule has 0 saturated heterocycles. The van der Waals surface area contributed by atoms with Gasteiger partial charge in [-0.15, -0.1) is 11.3 Å². The number of rotatable bonds is 5. The lowest BCUT2D eigenvalue weighted by Gasteiger charge is -2.12. The van der Waals surface area contributed by atoms with Crippen molar-refractivity contribution < 1.29 is 18.8 Å². The molecule has 1 aliphatic rings. The van der Waals surface area contributed by atoms with Crippen LogP contribution >= 0.6 is 11.3 Å². The number of ether oxygens (including phenoxy) is 1. The Hall–Kier alpha value is -2.93. The maximum absolute atomic E-state index is 13.3. The molecule has 2 aromatic heterocycles. The van der Waals surface area contributed by atoms with E-state index in [0.717, 1.165) is 31.2 Å². The van der Waals surface area contributed by atoms with Crippen LogP contribution in [0.2, 0.25) is 0 Å². The third kappa shape index (κ3) is 3.45. The number of nitrogens with zero attached hydrogens (tertiary/aromatic N) is 1. The van der Waals surface area contributed by atoms with Gasteiger partial charge >= 0.3 is 0 Å². The van der Waals surface area contributed by atoms with Gasteiger partial charge in [-0.1, -0.05) is 5.16 Å². The zero-order valence-corrected chi connectivity index (χ0v) is 16.5. The molecule has 1 amide bonds. The SMILES string of the molecule is COc1ccc(C(=O)c2c(NC(=O)c3cc(C)no3)sc3c2CCCC3)cc1. The number of thiophene rings is 1. The Morgan fingerprint density at radius 3 is 2.61 bits per heavy atom. The molecule has 2 heterocycles. The van der Waals surface area contributed by atoms with Crippen molar-refractivity contribution in [3.8, 4) is 5.75 Å². The molecule has 0 radical (unpaired) electrons. The number of amides is 1. The highest BCUT2D eigenvalue weighted by atomic mass is 32.1. The molecule has 0 bridgehead atoms. The summed E-state index contributed by atoms with van der Waals surface area (Å²) in [6.07, 6.45) is 3.92. The molecule has 6 nitrogen and oxygen atoms in total. The lowest BCUT2D eigenvalue weighted by atomic mass is 9.92. The highest BCUT2D eigenvalue weighted by Gasteiger charge is 2.27. The summed E-state index contributed by atoms with van der Waals surface area (Å²) in [5.74, 6) is 0.332. The van der Waals surface area contributed by atoms with E-state index in [1.54, 1.807) is 44.4 Å². The van der Waals surface area contributed by atoms with Crippen LogP contribution in [0.3, 0.4) is 0 Å². The molecule has 1 aromatic carbocycles. The topological polar surface area (TPSA) is 81.4 Å². The van der Waals surface area contributed by atoms with E-state index in [0.29, 0.717) is 27.6 Å². The van der Waals surface area contributed by atoms with E-state index in [4.69, 9.17) is 9.26 Å². The first-order valence-electron chi connectivity index (χ1n) is 9.14. The summed E-state index contributed by atoms with van der Waals surface area (Å²) < 4.78 is 10.2. The van der Waals surface area contributed by atoms with Crippen LogP contribution in [0.25, 0.3) is 0 Å². The first-order chi connectivity index (χ1) is 13.6. The van der Waals surface area contributed by atoms with Crippen molar-refractivity contribution in [3.05, 3.63) is 63.4 Å². The van der Waals surface area contributed by atoms with Crippen LogP contribution < -0.4 is 10.1 Å². The van der Waals surface area contributed by atoms with E-state index in [1.807, 2.05) is 0 Å². The zero-order chi connectivity index (χ0) is 19.7. The fraction of sp³-hybridized carbons (Fsp3) is 0.286. The molecule has 0 atom stereocenters. The van der Waals surface area contributed by atoms with Gasteiger partial charge in [0.15, 0.2) is 5.78 Å². The van der Waals surface area contributed by atoms with Crippen LogP contribution in [-0.2, 0) is 12.8 Å². The number of methoxy groups -OCH3 is 1. The van der Waals surface area contributed by atoms with Crippen LogP contribution in [0.15, 0.2) is 34.9 Å². The minimum atomic E-state index is -0.400. The summed E-state index contributed by atoms with van der Waals surface area (Å²) >= 11 is 1.48. The van der Waals surface area contributed by atoms with E-state index in [2.05, 4.69) is 10.5 Å². The quantitative estimate of drug-likeness (QED) is 0.646.